The van der Waals surface area contributed by atoms with E-state index >= 15 is 0 Å². The SMILES string of the molecule is FC(F)(F)c1cccc(CC[C@@H]2CCCN(Cc3cscn3)C2)c1. The molecule has 0 spiro atoms. The first-order valence-corrected chi connectivity index (χ1v) is 9.20. The molecule has 0 bridgehead atoms. The quantitative estimate of drug-likeness (QED) is 0.751. The molecule has 1 fully saturated rings. The maximum absolute atomic E-state index is 12.8. The summed E-state index contributed by atoms with van der Waals surface area (Å²) in [7, 11) is 0. The molecule has 0 N–H and O–H groups in total. The van der Waals surface area contributed by atoms with Crippen LogP contribution >= 0.6 is 11.3 Å². The van der Waals surface area contributed by atoms with Gasteiger partial charge in [0, 0.05) is 18.5 Å². The van der Waals surface area contributed by atoms with Crippen molar-refractivity contribution in [1.82, 2.24) is 9.88 Å². The molecule has 2 heterocycles. The fraction of sp³-hybridized carbons (Fsp3) is 0.500. The molecule has 24 heavy (non-hydrogen) atoms. The zero-order valence-corrected chi connectivity index (χ0v) is 14.2. The van der Waals surface area contributed by atoms with Crippen LogP contribution in [0.2, 0.25) is 0 Å². The molecule has 0 radical (unpaired) electrons. The number of likely N-dealkylation sites (tertiary alicyclic amines) is 1. The molecule has 0 aliphatic carbocycles. The van der Waals surface area contributed by atoms with Crippen LogP contribution in [-0.2, 0) is 19.1 Å². The second kappa shape index (κ2) is 7.66. The van der Waals surface area contributed by atoms with Crippen molar-refractivity contribution < 1.29 is 13.2 Å². The smallest absolute Gasteiger partial charge is 0.297 e. The van der Waals surface area contributed by atoms with Crippen molar-refractivity contribution in [3.8, 4) is 0 Å². The molecule has 1 aliphatic rings. The molecule has 0 saturated carbocycles. The Morgan fingerprint density at radius 2 is 2.17 bits per heavy atom. The van der Waals surface area contributed by atoms with Crippen LogP contribution in [0.15, 0.2) is 35.2 Å². The van der Waals surface area contributed by atoms with Gasteiger partial charge in [-0.2, -0.15) is 13.2 Å². The highest BCUT2D eigenvalue weighted by molar-refractivity contribution is 7.07. The van der Waals surface area contributed by atoms with E-state index in [0.717, 1.165) is 56.2 Å². The molecule has 3 rings (SSSR count). The van der Waals surface area contributed by atoms with Crippen LogP contribution in [0.4, 0.5) is 13.2 Å². The van der Waals surface area contributed by atoms with Crippen LogP contribution in [0.3, 0.4) is 0 Å². The third kappa shape index (κ3) is 4.80. The summed E-state index contributed by atoms with van der Waals surface area (Å²) in [6.45, 7) is 2.97. The molecule has 1 atom stereocenters. The summed E-state index contributed by atoms with van der Waals surface area (Å²) in [4.78, 5) is 6.74. The summed E-state index contributed by atoms with van der Waals surface area (Å²) in [5.74, 6) is 0.548. The second-order valence-corrected chi connectivity index (χ2v) is 7.18. The summed E-state index contributed by atoms with van der Waals surface area (Å²) in [5, 5.41) is 2.08. The molecule has 0 amide bonds. The largest absolute Gasteiger partial charge is 0.416 e. The van der Waals surface area contributed by atoms with E-state index < -0.39 is 11.7 Å². The minimum atomic E-state index is -4.26. The third-order valence-corrected chi connectivity index (χ3v) is 5.20. The minimum Gasteiger partial charge on any atom is -0.297 e. The van der Waals surface area contributed by atoms with Gasteiger partial charge in [0.2, 0.25) is 0 Å². The maximum atomic E-state index is 12.8. The number of aryl methyl sites for hydroxylation is 1. The summed E-state index contributed by atoms with van der Waals surface area (Å²) >= 11 is 1.61. The Hall–Kier alpha value is -1.40. The highest BCUT2D eigenvalue weighted by Crippen LogP contribution is 2.30. The van der Waals surface area contributed by atoms with Gasteiger partial charge in [-0.3, -0.25) is 4.90 Å². The number of nitrogens with zero attached hydrogens (tertiary/aromatic N) is 2. The second-order valence-electron chi connectivity index (χ2n) is 6.46. The zero-order valence-electron chi connectivity index (χ0n) is 13.4. The van der Waals surface area contributed by atoms with Gasteiger partial charge < -0.3 is 0 Å². The van der Waals surface area contributed by atoms with Gasteiger partial charge in [-0.25, -0.2) is 4.98 Å². The Labute approximate surface area is 144 Å². The van der Waals surface area contributed by atoms with Crippen molar-refractivity contribution >= 4 is 11.3 Å². The highest BCUT2D eigenvalue weighted by Gasteiger charge is 2.30. The Balaban J connectivity index is 1.53. The summed E-state index contributed by atoms with van der Waals surface area (Å²) in [6.07, 6.45) is -0.302. The fourth-order valence-electron chi connectivity index (χ4n) is 3.35. The van der Waals surface area contributed by atoms with Crippen molar-refractivity contribution in [3.05, 3.63) is 52.0 Å². The Morgan fingerprint density at radius 1 is 1.29 bits per heavy atom. The van der Waals surface area contributed by atoms with Gasteiger partial charge in [0.25, 0.3) is 0 Å². The van der Waals surface area contributed by atoms with E-state index in [1.807, 2.05) is 5.51 Å². The number of benzene rings is 1. The molecule has 2 nitrogen and oxygen atoms in total. The number of rotatable bonds is 5. The van der Waals surface area contributed by atoms with Crippen LogP contribution in [0.5, 0.6) is 0 Å². The van der Waals surface area contributed by atoms with Gasteiger partial charge in [0.05, 0.1) is 16.8 Å². The highest BCUT2D eigenvalue weighted by atomic mass is 32.1. The zero-order chi connectivity index (χ0) is 17.0. The summed E-state index contributed by atoms with van der Waals surface area (Å²) in [6, 6.07) is 5.73. The topological polar surface area (TPSA) is 16.1 Å². The molecule has 6 heteroatoms. The first kappa shape index (κ1) is 17.4. The number of alkyl halides is 3. The number of thiazole rings is 1. The molecule has 130 valence electrons. The number of halogens is 3. The van der Waals surface area contributed by atoms with Crippen molar-refractivity contribution in [2.45, 2.75) is 38.4 Å². The molecule has 0 unspecified atom stereocenters. The van der Waals surface area contributed by atoms with Crippen molar-refractivity contribution in [3.63, 3.8) is 0 Å². The lowest BCUT2D eigenvalue weighted by Gasteiger charge is -2.32. The number of hydrogen-bond donors (Lipinski definition) is 0. The van der Waals surface area contributed by atoms with E-state index in [-0.39, 0.29) is 0 Å². The standard InChI is InChI=1S/C18H21F3N2S/c19-18(20,21)16-5-1-3-14(9-16)6-7-15-4-2-8-23(10-15)11-17-12-24-13-22-17/h1,3,5,9,12-13,15H,2,4,6-8,10-11H2/t15-/m0/s1. The summed E-state index contributed by atoms with van der Waals surface area (Å²) < 4.78 is 38.3. The maximum Gasteiger partial charge on any atom is 0.416 e. The van der Waals surface area contributed by atoms with Crippen LogP contribution in [0.1, 0.15) is 36.1 Å². The van der Waals surface area contributed by atoms with Gasteiger partial charge in [0.15, 0.2) is 0 Å². The van der Waals surface area contributed by atoms with Gasteiger partial charge in [0.1, 0.15) is 0 Å². The van der Waals surface area contributed by atoms with E-state index in [9.17, 15) is 13.2 Å². The lowest BCUT2D eigenvalue weighted by atomic mass is 9.91. The van der Waals surface area contributed by atoms with Gasteiger partial charge in [-0.05, 0) is 49.8 Å². The molecular formula is C18H21F3N2S. The number of hydrogen-bond acceptors (Lipinski definition) is 3. The lowest BCUT2D eigenvalue weighted by Crippen LogP contribution is -2.35. The van der Waals surface area contributed by atoms with Crippen LogP contribution in [0, 0.1) is 5.92 Å². The Kier molecular flexibility index (Phi) is 5.56. The Bertz CT molecular complexity index is 640. The lowest BCUT2D eigenvalue weighted by molar-refractivity contribution is -0.137. The van der Waals surface area contributed by atoms with E-state index in [0.29, 0.717) is 12.3 Å². The third-order valence-electron chi connectivity index (χ3n) is 4.57. The number of aromatic nitrogens is 1. The van der Waals surface area contributed by atoms with Gasteiger partial charge in [-0.15, -0.1) is 11.3 Å². The van der Waals surface area contributed by atoms with Gasteiger partial charge >= 0.3 is 6.18 Å². The van der Waals surface area contributed by atoms with Gasteiger partial charge in [-0.1, -0.05) is 18.2 Å². The fourth-order valence-corrected chi connectivity index (χ4v) is 3.90. The molecule has 1 saturated heterocycles. The predicted molar refractivity (Wildman–Crippen MR) is 89.9 cm³/mol. The normalized spacial score (nSPS) is 19.5. The number of piperidine rings is 1. The average molecular weight is 354 g/mol. The molecule has 1 aliphatic heterocycles. The molecule has 1 aromatic carbocycles. The van der Waals surface area contributed by atoms with Crippen molar-refractivity contribution in [2.75, 3.05) is 13.1 Å². The summed E-state index contributed by atoms with van der Waals surface area (Å²) in [5.41, 5.74) is 3.19. The van der Waals surface area contributed by atoms with E-state index in [2.05, 4.69) is 15.3 Å². The first-order valence-electron chi connectivity index (χ1n) is 8.26. The van der Waals surface area contributed by atoms with Crippen LogP contribution in [0.25, 0.3) is 0 Å². The minimum absolute atomic E-state index is 0.547. The molecular weight excluding hydrogens is 333 g/mol. The van der Waals surface area contributed by atoms with Crippen LogP contribution in [-0.4, -0.2) is 23.0 Å². The van der Waals surface area contributed by atoms with E-state index in [1.165, 1.54) is 12.1 Å². The van der Waals surface area contributed by atoms with Crippen molar-refractivity contribution in [2.24, 2.45) is 5.92 Å². The predicted octanol–water partition coefficient (Wildman–Crippen LogP) is 5.01. The van der Waals surface area contributed by atoms with Crippen molar-refractivity contribution in [1.29, 1.82) is 0 Å². The van der Waals surface area contributed by atoms with E-state index in [1.54, 1.807) is 17.4 Å². The Morgan fingerprint density at radius 3 is 2.92 bits per heavy atom. The van der Waals surface area contributed by atoms with E-state index in [4.69, 9.17) is 0 Å². The average Bonchev–Trinajstić information content (AvgIpc) is 3.06. The molecule has 1 aromatic heterocycles. The first-order chi connectivity index (χ1) is 11.5. The van der Waals surface area contributed by atoms with Crippen LogP contribution < -0.4 is 0 Å². The monoisotopic (exact) mass is 354 g/mol. The molecule has 2 aromatic rings.